The van der Waals surface area contributed by atoms with Crippen molar-refractivity contribution in [3.63, 3.8) is 0 Å². The van der Waals surface area contributed by atoms with Gasteiger partial charge < -0.3 is 10.0 Å². The molecule has 100 valence electrons. The van der Waals surface area contributed by atoms with E-state index in [-0.39, 0.29) is 18.2 Å². The van der Waals surface area contributed by atoms with Crippen molar-refractivity contribution >= 4 is 5.69 Å². The van der Waals surface area contributed by atoms with Crippen LogP contribution in [0.5, 0.6) is 0 Å². The Morgan fingerprint density at radius 2 is 1.63 bits per heavy atom. The van der Waals surface area contributed by atoms with E-state index in [2.05, 4.69) is 0 Å². The molecule has 2 nitrogen and oxygen atoms in total. The Balaban J connectivity index is 2.15. The molecule has 19 heavy (non-hydrogen) atoms. The third kappa shape index (κ3) is 3.29. The molecule has 0 saturated heterocycles. The molecule has 0 heterocycles. The summed E-state index contributed by atoms with van der Waals surface area (Å²) < 4.78 is 26.6. The van der Waals surface area contributed by atoms with E-state index in [4.69, 9.17) is 5.11 Å². The van der Waals surface area contributed by atoms with Gasteiger partial charge in [0.2, 0.25) is 0 Å². The highest BCUT2D eigenvalue weighted by atomic mass is 19.1. The molecule has 2 rings (SSSR count). The first kappa shape index (κ1) is 13.5. The van der Waals surface area contributed by atoms with Crippen LogP contribution in [0.25, 0.3) is 0 Å². The smallest absolute Gasteiger partial charge is 0.146 e. The van der Waals surface area contributed by atoms with E-state index in [1.165, 1.54) is 18.2 Å². The molecule has 1 N–H and O–H groups in total. The maximum Gasteiger partial charge on any atom is 0.146 e. The van der Waals surface area contributed by atoms with Crippen LogP contribution in [0.4, 0.5) is 14.5 Å². The van der Waals surface area contributed by atoms with Crippen LogP contribution in [0.2, 0.25) is 0 Å². The molecule has 0 atom stereocenters. The fourth-order valence-electron chi connectivity index (χ4n) is 1.91. The fraction of sp³-hybridized carbons (Fsp3) is 0.200. The van der Waals surface area contributed by atoms with Gasteiger partial charge in [0.25, 0.3) is 0 Å². The second kappa shape index (κ2) is 5.80. The molecule has 0 unspecified atom stereocenters. The minimum Gasteiger partial charge on any atom is -0.392 e. The summed E-state index contributed by atoms with van der Waals surface area (Å²) >= 11 is 0. The molecule has 0 fully saturated rings. The summed E-state index contributed by atoms with van der Waals surface area (Å²) in [5.74, 6) is -0.666. The van der Waals surface area contributed by atoms with E-state index in [0.717, 1.165) is 5.56 Å². The van der Waals surface area contributed by atoms with Crippen LogP contribution in [0, 0.1) is 11.6 Å². The first-order valence-corrected chi connectivity index (χ1v) is 5.95. The largest absolute Gasteiger partial charge is 0.392 e. The van der Waals surface area contributed by atoms with E-state index in [1.807, 2.05) is 0 Å². The molecule has 2 aromatic rings. The van der Waals surface area contributed by atoms with Crippen LogP contribution in [-0.4, -0.2) is 12.2 Å². The highest BCUT2D eigenvalue weighted by Crippen LogP contribution is 2.21. The number of hydrogen-bond donors (Lipinski definition) is 1. The minimum absolute atomic E-state index is 0.182. The fourth-order valence-corrected chi connectivity index (χ4v) is 1.91. The Kier molecular flexibility index (Phi) is 4.12. The molecule has 0 aromatic heterocycles. The lowest BCUT2D eigenvalue weighted by atomic mass is 10.1. The van der Waals surface area contributed by atoms with E-state index in [0.29, 0.717) is 17.8 Å². The molecule has 0 aliphatic carbocycles. The van der Waals surface area contributed by atoms with E-state index < -0.39 is 0 Å². The van der Waals surface area contributed by atoms with Crippen LogP contribution in [0.1, 0.15) is 11.1 Å². The van der Waals surface area contributed by atoms with Gasteiger partial charge in [-0.05, 0) is 35.4 Å². The summed E-state index contributed by atoms with van der Waals surface area (Å²) in [4.78, 5) is 1.74. The summed E-state index contributed by atoms with van der Waals surface area (Å²) in [6.07, 6.45) is 0. The molecule has 0 radical (unpaired) electrons. The van der Waals surface area contributed by atoms with Gasteiger partial charge in [0, 0.05) is 13.6 Å². The number of benzene rings is 2. The summed E-state index contributed by atoms with van der Waals surface area (Å²) in [5, 5.41) is 8.94. The van der Waals surface area contributed by atoms with Crippen LogP contribution in [-0.2, 0) is 13.2 Å². The molecule has 0 bridgehead atoms. The SMILES string of the molecule is CN(Cc1ccc(F)cc1)c1ccc(CO)cc1F. The molecular weight excluding hydrogens is 248 g/mol. The Bertz CT molecular complexity index is 555. The van der Waals surface area contributed by atoms with Gasteiger partial charge in [0.15, 0.2) is 0 Å². The van der Waals surface area contributed by atoms with Crippen molar-refractivity contribution < 1.29 is 13.9 Å². The first-order valence-electron chi connectivity index (χ1n) is 5.95. The van der Waals surface area contributed by atoms with Crippen LogP contribution in [0.3, 0.4) is 0 Å². The van der Waals surface area contributed by atoms with Crippen molar-refractivity contribution in [3.8, 4) is 0 Å². The predicted molar refractivity (Wildman–Crippen MR) is 70.8 cm³/mol. The predicted octanol–water partition coefficient (Wildman–Crippen LogP) is 3.09. The Morgan fingerprint density at radius 1 is 1.00 bits per heavy atom. The second-order valence-corrected chi connectivity index (χ2v) is 4.43. The highest BCUT2D eigenvalue weighted by molar-refractivity contribution is 5.49. The molecule has 4 heteroatoms. The highest BCUT2D eigenvalue weighted by Gasteiger charge is 2.09. The average Bonchev–Trinajstić information content (AvgIpc) is 2.41. The van der Waals surface area contributed by atoms with Crippen molar-refractivity contribution in [2.24, 2.45) is 0 Å². The summed E-state index contributed by atoms with van der Waals surface area (Å²) in [7, 11) is 1.76. The van der Waals surface area contributed by atoms with Crippen molar-refractivity contribution in [1.29, 1.82) is 0 Å². The second-order valence-electron chi connectivity index (χ2n) is 4.43. The van der Waals surface area contributed by atoms with E-state index in [1.54, 1.807) is 36.2 Å². The van der Waals surface area contributed by atoms with Crippen molar-refractivity contribution in [2.75, 3.05) is 11.9 Å². The Morgan fingerprint density at radius 3 is 2.21 bits per heavy atom. The quantitative estimate of drug-likeness (QED) is 0.916. The van der Waals surface area contributed by atoms with Gasteiger partial charge in [-0.3, -0.25) is 0 Å². The van der Waals surface area contributed by atoms with Crippen molar-refractivity contribution in [3.05, 3.63) is 65.2 Å². The lowest BCUT2D eigenvalue weighted by molar-refractivity contribution is 0.281. The van der Waals surface area contributed by atoms with Gasteiger partial charge in [0.05, 0.1) is 12.3 Å². The number of aliphatic hydroxyl groups excluding tert-OH is 1. The first-order chi connectivity index (χ1) is 9.10. The molecule has 0 amide bonds. The zero-order chi connectivity index (χ0) is 13.8. The van der Waals surface area contributed by atoms with Gasteiger partial charge in [0.1, 0.15) is 11.6 Å². The lowest BCUT2D eigenvalue weighted by Gasteiger charge is -2.20. The van der Waals surface area contributed by atoms with Gasteiger partial charge >= 0.3 is 0 Å². The average molecular weight is 263 g/mol. The molecule has 2 aromatic carbocycles. The number of halogens is 2. The van der Waals surface area contributed by atoms with Gasteiger partial charge in [-0.15, -0.1) is 0 Å². The van der Waals surface area contributed by atoms with E-state index >= 15 is 0 Å². The third-order valence-corrected chi connectivity index (χ3v) is 2.94. The summed E-state index contributed by atoms with van der Waals surface area (Å²) in [6.45, 7) is 0.300. The number of hydrogen-bond acceptors (Lipinski definition) is 2. The number of anilines is 1. The topological polar surface area (TPSA) is 23.5 Å². The zero-order valence-electron chi connectivity index (χ0n) is 10.6. The molecule has 0 spiro atoms. The number of rotatable bonds is 4. The molecular formula is C15H15F2NO. The summed E-state index contributed by atoms with van der Waals surface area (Å²) in [5.41, 5.74) is 1.88. The molecule has 0 aliphatic rings. The normalized spacial score (nSPS) is 10.5. The minimum atomic E-state index is -0.379. The van der Waals surface area contributed by atoms with Crippen molar-refractivity contribution in [2.45, 2.75) is 13.2 Å². The van der Waals surface area contributed by atoms with Crippen molar-refractivity contribution in [1.82, 2.24) is 0 Å². The maximum atomic E-state index is 13.8. The molecule has 0 saturated carbocycles. The number of nitrogens with zero attached hydrogens (tertiary/aromatic N) is 1. The number of aliphatic hydroxyl groups is 1. The van der Waals surface area contributed by atoms with E-state index in [9.17, 15) is 8.78 Å². The lowest BCUT2D eigenvalue weighted by Crippen LogP contribution is -2.17. The van der Waals surface area contributed by atoms with Crippen LogP contribution >= 0.6 is 0 Å². The van der Waals surface area contributed by atoms with Crippen LogP contribution < -0.4 is 4.90 Å². The Hall–Kier alpha value is -1.94. The van der Waals surface area contributed by atoms with Crippen LogP contribution in [0.15, 0.2) is 42.5 Å². The Labute approximate surface area is 110 Å². The standard InChI is InChI=1S/C15H15F2NO/c1-18(9-11-2-5-13(16)6-3-11)15-7-4-12(10-19)8-14(15)17/h2-8,19H,9-10H2,1H3. The maximum absolute atomic E-state index is 13.8. The third-order valence-electron chi connectivity index (χ3n) is 2.94. The van der Waals surface area contributed by atoms with Gasteiger partial charge in [-0.2, -0.15) is 0 Å². The van der Waals surface area contributed by atoms with Gasteiger partial charge in [-0.25, -0.2) is 8.78 Å². The molecule has 0 aliphatic heterocycles. The monoisotopic (exact) mass is 263 g/mol. The van der Waals surface area contributed by atoms with Gasteiger partial charge in [-0.1, -0.05) is 18.2 Å². The summed E-state index contributed by atoms with van der Waals surface area (Å²) in [6, 6.07) is 10.7. The zero-order valence-corrected chi connectivity index (χ0v) is 10.6.